The predicted molar refractivity (Wildman–Crippen MR) is 132 cm³/mol. The molecule has 5 rings (SSSR count). The molecular formula is C27H29NO11. The van der Waals surface area contributed by atoms with E-state index in [4.69, 9.17) is 19.9 Å². The second kappa shape index (κ2) is 9.66. The molecule has 2 aromatic rings. The summed E-state index contributed by atoms with van der Waals surface area (Å²) in [5.74, 6) is -3.77. The molecule has 12 heteroatoms. The first-order valence-corrected chi connectivity index (χ1v) is 12.4. The van der Waals surface area contributed by atoms with Gasteiger partial charge in [0.05, 0.1) is 42.1 Å². The van der Waals surface area contributed by atoms with Crippen LogP contribution >= 0.6 is 0 Å². The van der Waals surface area contributed by atoms with Crippen molar-refractivity contribution in [2.45, 2.75) is 62.4 Å². The van der Waals surface area contributed by atoms with Gasteiger partial charge in [0.15, 0.2) is 17.9 Å². The number of carbonyl (C=O) groups is 3. The summed E-state index contributed by atoms with van der Waals surface area (Å²) in [5.41, 5.74) is 2.37. The number of aromatic hydroxyl groups is 2. The second-order valence-electron chi connectivity index (χ2n) is 10.2. The van der Waals surface area contributed by atoms with Crippen molar-refractivity contribution in [2.24, 2.45) is 5.73 Å². The lowest BCUT2D eigenvalue weighted by atomic mass is 9.72. The number of ether oxygens (including phenoxy) is 3. The number of ketones is 3. The Kier molecular flexibility index (Phi) is 6.74. The number of rotatable bonds is 5. The van der Waals surface area contributed by atoms with Crippen LogP contribution in [0.25, 0.3) is 0 Å². The number of fused-ring (bicyclic) bond motifs is 3. The minimum Gasteiger partial charge on any atom is -0.507 e. The molecule has 0 bridgehead atoms. The molecule has 12 nitrogen and oxygen atoms in total. The normalized spacial score (nSPS) is 29.8. The molecule has 0 unspecified atom stereocenters. The van der Waals surface area contributed by atoms with Gasteiger partial charge in [-0.1, -0.05) is 12.1 Å². The lowest BCUT2D eigenvalue weighted by Crippen LogP contribution is -2.53. The number of hydrogen-bond acceptors (Lipinski definition) is 12. The minimum atomic E-state index is -2.24. The molecule has 3 aliphatic rings. The van der Waals surface area contributed by atoms with Gasteiger partial charge in [0.1, 0.15) is 29.5 Å². The number of Topliss-reactive ketones (excluding diaryl/α,β-unsaturated/α-hetero) is 1. The Morgan fingerprint density at radius 1 is 1.15 bits per heavy atom. The highest BCUT2D eigenvalue weighted by atomic mass is 16.7. The standard InChI is InChI=1S/C27H29NO11/c1-10-22(31)13(28)6-17(38-10)39-15-8-27(36,16(30)9-29)7-12-19(15)26(35)21-20(24(12)33)23(32)11-4-3-5-14(37-2)18(11)25(21)34/h3-5,10,13,15,17,22,29,31,33,35-36H,6-9,28H2,1-2H3/t10-,13-,15-,17+,22-,27+/m1/s1. The summed E-state index contributed by atoms with van der Waals surface area (Å²) in [6.07, 6.45) is -5.12. The van der Waals surface area contributed by atoms with E-state index in [0.29, 0.717) is 0 Å². The Morgan fingerprint density at radius 2 is 1.85 bits per heavy atom. The smallest absolute Gasteiger partial charge is 0.202 e. The molecule has 208 valence electrons. The Morgan fingerprint density at radius 3 is 2.49 bits per heavy atom. The highest BCUT2D eigenvalue weighted by Gasteiger charge is 2.50. The molecule has 0 radical (unpaired) electrons. The summed E-state index contributed by atoms with van der Waals surface area (Å²) in [6, 6.07) is 3.64. The molecule has 2 aromatic carbocycles. The van der Waals surface area contributed by atoms with E-state index in [2.05, 4.69) is 0 Å². The molecule has 1 heterocycles. The summed E-state index contributed by atoms with van der Waals surface area (Å²) in [6.45, 7) is 0.560. The first kappa shape index (κ1) is 27.2. The first-order valence-electron chi connectivity index (χ1n) is 12.4. The zero-order valence-electron chi connectivity index (χ0n) is 21.2. The molecule has 1 fully saturated rings. The van der Waals surface area contributed by atoms with E-state index < -0.39 is 95.7 Å². The fraction of sp³-hybridized carbons (Fsp3) is 0.444. The van der Waals surface area contributed by atoms with Crippen LogP contribution in [0.3, 0.4) is 0 Å². The van der Waals surface area contributed by atoms with Gasteiger partial charge in [-0.3, -0.25) is 14.4 Å². The van der Waals surface area contributed by atoms with Gasteiger partial charge in [-0.15, -0.1) is 0 Å². The van der Waals surface area contributed by atoms with Gasteiger partial charge < -0.3 is 45.5 Å². The largest absolute Gasteiger partial charge is 0.507 e. The number of methoxy groups -OCH3 is 1. The van der Waals surface area contributed by atoms with Crippen molar-refractivity contribution in [3.05, 3.63) is 51.6 Å². The monoisotopic (exact) mass is 543 g/mol. The van der Waals surface area contributed by atoms with Crippen LogP contribution in [0.5, 0.6) is 17.2 Å². The third-order valence-electron chi connectivity index (χ3n) is 7.81. The molecule has 0 amide bonds. The minimum absolute atomic E-state index is 0.0173. The van der Waals surface area contributed by atoms with E-state index in [0.717, 1.165) is 0 Å². The van der Waals surface area contributed by atoms with Gasteiger partial charge in [0, 0.05) is 42.0 Å². The topological polar surface area (TPSA) is 206 Å². The maximum atomic E-state index is 13.6. The summed E-state index contributed by atoms with van der Waals surface area (Å²) in [4.78, 5) is 39.7. The number of nitrogens with two attached hydrogens (primary N) is 1. The van der Waals surface area contributed by atoms with Crippen LogP contribution in [0.15, 0.2) is 18.2 Å². The Hall–Kier alpha value is -3.39. The molecule has 0 saturated carbocycles. The summed E-state index contributed by atoms with van der Waals surface area (Å²) in [7, 11) is 1.32. The molecule has 2 aliphatic carbocycles. The average Bonchev–Trinajstić information content (AvgIpc) is 2.90. The van der Waals surface area contributed by atoms with Crippen molar-refractivity contribution < 1.29 is 54.1 Å². The summed E-state index contributed by atoms with van der Waals surface area (Å²) in [5, 5.41) is 53.7. The number of benzene rings is 2. The highest BCUT2D eigenvalue weighted by Crippen LogP contribution is 2.52. The van der Waals surface area contributed by atoms with E-state index >= 15 is 0 Å². The third kappa shape index (κ3) is 4.11. The highest BCUT2D eigenvalue weighted by molar-refractivity contribution is 6.31. The number of hydrogen-bond donors (Lipinski definition) is 6. The van der Waals surface area contributed by atoms with Gasteiger partial charge in [0.25, 0.3) is 0 Å². The average molecular weight is 544 g/mol. The Labute approximate surface area is 222 Å². The van der Waals surface area contributed by atoms with Crippen LogP contribution in [0.1, 0.15) is 68.8 Å². The van der Waals surface area contributed by atoms with Gasteiger partial charge >= 0.3 is 0 Å². The Balaban J connectivity index is 1.69. The van der Waals surface area contributed by atoms with E-state index in [1.165, 1.54) is 25.3 Å². The van der Waals surface area contributed by atoms with Gasteiger partial charge in [-0.25, -0.2) is 0 Å². The SMILES string of the molecule is COc1cccc2c1C(=O)c1c(O)c3c(c(O)c1C2=O)C[C@@](O)(C(=O)CO)C[C@H]3O[C@H]1C[C@@H](N)[C@H](O)[C@@H](C)O1. The fourth-order valence-electron chi connectivity index (χ4n) is 5.75. The van der Waals surface area contributed by atoms with Gasteiger partial charge in [0.2, 0.25) is 5.78 Å². The first-order chi connectivity index (χ1) is 18.4. The molecule has 6 atom stereocenters. The van der Waals surface area contributed by atoms with E-state index in [-0.39, 0.29) is 34.4 Å². The third-order valence-corrected chi connectivity index (χ3v) is 7.81. The van der Waals surface area contributed by atoms with Crippen molar-refractivity contribution in [2.75, 3.05) is 13.7 Å². The van der Waals surface area contributed by atoms with E-state index in [1.807, 2.05) is 0 Å². The maximum Gasteiger partial charge on any atom is 0.202 e. The second-order valence-corrected chi connectivity index (χ2v) is 10.2. The molecule has 7 N–H and O–H groups in total. The Bertz CT molecular complexity index is 1380. The number of phenolic OH excluding ortho intramolecular Hbond substituents is 2. The number of aliphatic hydroxyl groups excluding tert-OH is 2. The number of carbonyl (C=O) groups excluding carboxylic acids is 3. The van der Waals surface area contributed by atoms with Crippen molar-refractivity contribution in [3.8, 4) is 17.2 Å². The van der Waals surface area contributed by atoms with E-state index in [1.54, 1.807) is 6.92 Å². The summed E-state index contributed by atoms with van der Waals surface area (Å²) < 4.78 is 17.0. The molecular weight excluding hydrogens is 514 g/mol. The molecule has 1 aliphatic heterocycles. The molecule has 1 saturated heterocycles. The summed E-state index contributed by atoms with van der Waals surface area (Å²) >= 11 is 0. The van der Waals surface area contributed by atoms with E-state index in [9.17, 15) is 39.9 Å². The van der Waals surface area contributed by atoms with Gasteiger partial charge in [-0.05, 0) is 13.0 Å². The quantitative estimate of drug-likeness (QED) is 0.235. The number of phenols is 2. The molecule has 0 aromatic heterocycles. The van der Waals surface area contributed by atoms with Crippen LogP contribution < -0.4 is 10.5 Å². The molecule has 0 spiro atoms. The maximum absolute atomic E-state index is 13.6. The van der Waals surface area contributed by atoms with Gasteiger partial charge in [-0.2, -0.15) is 0 Å². The van der Waals surface area contributed by atoms with Crippen LogP contribution in [-0.4, -0.2) is 86.7 Å². The fourth-order valence-corrected chi connectivity index (χ4v) is 5.75. The number of aliphatic hydroxyl groups is 3. The van der Waals surface area contributed by atoms with Crippen molar-refractivity contribution in [1.82, 2.24) is 0 Å². The zero-order chi connectivity index (χ0) is 28.4. The van der Waals surface area contributed by atoms with Crippen LogP contribution in [0.4, 0.5) is 0 Å². The van der Waals surface area contributed by atoms with Crippen molar-refractivity contribution in [1.29, 1.82) is 0 Å². The van der Waals surface area contributed by atoms with Crippen LogP contribution in [0, 0.1) is 0 Å². The predicted octanol–water partition coefficient (Wildman–Crippen LogP) is 0.00130. The lowest BCUT2D eigenvalue weighted by Gasteiger charge is -2.42. The van der Waals surface area contributed by atoms with Crippen molar-refractivity contribution >= 4 is 17.3 Å². The van der Waals surface area contributed by atoms with Crippen LogP contribution in [-0.2, 0) is 20.7 Å². The molecule has 39 heavy (non-hydrogen) atoms. The zero-order valence-corrected chi connectivity index (χ0v) is 21.2. The van der Waals surface area contributed by atoms with Crippen molar-refractivity contribution in [3.63, 3.8) is 0 Å². The van der Waals surface area contributed by atoms with Crippen LogP contribution in [0.2, 0.25) is 0 Å². The lowest BCUT2D eigenvalue weighted by molar-refractivity contribution is -0.247.